The number of aromatic nitrogens is 2. The fourth-order valence-electron chi connectivity index (χ4n) is 2.08. The third-order valence-electron chi connectivity index (χ3n) is 3.25. The van der Waals surface area contributed by atoms with Crippen molar-refractivity contribution in [3.63, 3.8) is 0 Å². The van der Waals surface area contributed by atoms with Gasteiger partial charge in [0, 0.05) is 10.6 Å². The summed E-state index contributed by atoms with van der Waals surface area (Å²) in [7, 11) is 0. The zero-order chi connectivity index (χ0) is 16.1. The summed E-state index contributed by atoms with van der Waals surface area (Å²) < 4.78 is 0. The van der Waals surface area contributed by atoms with Gasteiger partial charge in [-0.1, -0.05) is 24.3 Å². The Hall–Kier alpha value is -2.73. The SMILES string of the molecule is Cc1ccccc1Nc1ccc(NC(=O)Cc2cccs2)nn1. The Morgan fingerprint density at radius 3 is 2.52 bits per heavy atom. The first-order valence-corrected chi connectivity index (χ1v) is 8.07. The standard InChI is InChI=1S/C17H16N4OS/c1-12-5-2-3-7-14(12)18-15-8-9-16(21-20-15)19-17(22)11-13-6-4-10-23-13/h2-10H,11H2,1H3,(H,18,20)(H,19,21,22). The number of anilines is 3. The van der Waals surface area contributed by atoms with Crippen LogP contribution in [0, 0.1) is 6.92 Å². The number of para-hydroxylation sites is 1. The molecule has 116 valence electrons. The summed E-state index contributed by atoms with van der Waals surface area (Å²) in [6, 6.07) is 15.3. The number of hydrogen-bond acceptors (Lipinski definition) is 5. The molecule has 0 atom stereocenters. The summed E-state index contributed by atoms with van der Waals surface area (Å²) in [6.07, 6.45) is 0.350. The van der Waals surface area contributed by atoms with E-state index < -0.39 is 0 Å². The Balaban J connectivity index is 1.61. The van der Waals surface area contributed by atoms with Crippen molar-refractivity contribution >= 4 is 34.6 Å². The van der Waals surface area contributed by atoms with Crippen LogP contribution in [0.3, 0.4) is 0 Å². The number of nitrogens with one attached hydrogen (secondary N) is 2. The second kappa shape index (κ2) is 7.02. The molecule has 6 heteroatoms. The number of aryl methyl sites for hydroxylation is 1. The number of thiophene rings is 1. The highest BCUT2D eigenvalue weighted by Crippen LogP contribution is 2.18. The van der Waals surface area contributed by atoms with Gasteiger partial charge in [0.15, 0.2) is 11.6 Å². The lowest BCUT2D eigenvalue weighted by atomic mass is 10.2. The van der Waals surface area contributed by atoms with E-state index in [1.54, 1.807) is 23.5 Å². The number of amides is 1. The Kier molecular flexibility index (Phi) is 4.63. The minimum atomic E-state index is -0.0960. The molecule has 0 aliphatic rings. The van der Waals surface area contributed by atoms with Gasteiger partial charge in [-0.3, -0.25) is 4.79 Å². The summed E-state index contributed by atoms with van der Waals surface area (Å²) in [6.45, 7) is 2.02. The average molecular weight is 324 g/mol. The monoisotopic (exact) mass is 324 g/mol. The number of nitrogens with zero attached hydrogens (tertiary/aromatic N) is 2. The quantitative estimate of drug-likeness (QED) is 0.749. The van der Waals surface area contributed by atoms with E-state index in [0.29, 0.717) is 18.1 Å². The maximum atomic E-state index is 11.9. The second-order valence-electron chi connectivity index (χ2n) is 5.05. The van der Waals surface area contributed by atoms with Crippen LogP contribution in [-0.4, -0.2) is 16.1 Å². The van der Waals surface area contributed by atoms with Gasteiger partial charge in [0.25, 0.3) is 0 Å². The van der Waals surface area contributed by atoms with Crippen LogP contribution in [0.1, 0.15) is 10.4 Å². The van der Waals surface area contributed by atoms with Gasteiger partial charge in [-0.25, -0.2) is 0 Å². The maximum Gasteiger partial charge on any atom is 0.230 e. The Morgan fingerprint density at radius 1 is 1.04 bits per heavy atom. The molecular formula is C17H16N4OS. The van der Waals surface area contributed by atoms with E-state index in [9.17, 15) is 4.79 Å². The van der Waals surface area contributed by atoms with Crippen molar-refractivity contribution in [1.82, 2.24) is 10.2 Å². The van der Waals surface area contributed by atoms with Crippen LogP contribution < -0.4 is 10.6 Å². The predicted molar refractivity (Wildman–Crippen MR) is 93.1 cm³/mol. The normalized spacial score (nSPS) is 10.3. The minimum Gasteiger partial charge on any atom is -0.339 e. The first-order chi connectivity index (χ1) is 11.2. The molecule has 0 unspecified atom stereocenters. The van der Waals surface area contributed by atoms with Gasteiger partial charge in [-0.05, 0) is 42.1 Å². The molecule has 1 aromatic carbocycles. The molecular weight excluding hydrogens is 308 g/mol. The van der Waals surface area contributed by atoms with Crippen molar-refractivity contribution in [3.8, 4) is 0 Å². The molecule has 2 N–H and O–H groups in total. The van der Waals surface area contributed by atoms with Crippen LogP contribution in [0.15, 0.2) is 53.9 Å². The van der Waals surface area contributed by atoms with E-state index in [2.05, 4.69) is 20.8 Å². The van der Waals surface area contributed by atoms with E-state index >= 15 is 0 Å². The molecule has 2 heterocycles. The molecule has 3 aromatic rings. The van der Waals surface area contributed by atoms with Crippen LogP contribution in [0.5, 0.6) is 0 Å². The molecule has 2 aromatic heterocycles. The number of benzene rings is 1. The molecule has 0 saturated carbocycles. The molecule has 0 bridgehead atoms. The zero-order valence-corrected chi connectivity index (χ0v) is 13.4. The lowest BCUT2D eigenvalue weighted by molar-refractivity contribution is -0.115. The molecule has 0 fully saturated rings. The van der Waals surface area contributed by atoms with Gasteiger partial charge >= 0.3 is 0 Å². The van der Waals surface area contributed by atoms with Gasteiger partial charge in [0.2, 0.25) is 5.91 Å². The lowest BCUT2D eigenvalue weighted by Gasteiger charge is -2.08. The molecule has 5 nitrogen and oxygen atoms in total. The second-order valence-corrected chi connectivity index (χ2v) is 6.08. The largest absolute Gasteiger partial charge is 0.339 e. The van der Waals surface area contributed by atoms with Gasteiger partial charge in [-0.15, -0.1) is 21.5 Å². The lowest BCUT2D eigenvalue weighted by Crippen LogP contribution is -2.15. The number of hydrogen-bond donors (Lipinski definition) is 2. The molecule has 1 amide bonds. The highest BCUT2D eigenvalue weighted by atomic mass is 32.1. The highest BCUT2D eigenvalue weighted by Gasteiger charge is 2.06. The van der Waals surface area contributed by atoms with E-state index in [1.165, 1.54) is 0 Å². The van der Waals surface area contributed by atoms with E-state index in [0.717, 1.165) is 16.1 Å². The molecule has 23 heavy (non-hydrogen) atoms. The van der Waals surface area contributed by atoms with Crippen LogP contribution in [-0.2, 0) is 11.2 Å². The molecule has 0 spiro atoms. The van der Waals surface area contributed by atoms with E-state index in [1.807, 2.05) is 48.7 Å². The Morgan fingerprint density at radius 2 is 1.83 bits per heavy atom. The van der Waals surface area contributed by atoms with Crippen LogP contribution >= 0.6 is 11.3 Å². The summed E-state index contributed by atoms with van der Waals surface area (Å²) in [5.74, 6) is 0.985. The summed E-state index contributed by atoms with van der Waals surface area (Å²) in [4.78, 5) is 12.9. The molecule has 0 aliphatic heterocycles. The van der Waals surface area contributed by atoms with E-state index in [4.69, 9.17) is 0 Å². The average Bonchev–Trinajstić information content (AvgIpc) is 3.04. The number of carbonyl (C=O) groups is 1. The molecule has 0 aliphatic carbocycles. The summed E-state index contributed by atoms with van der Waals surface area (Å²) in [5.41, 5.74) is 2.11. The van der Waals surface area contributed by atoms with Crippen molar-refractivity contribution in [2.24, 2.45) is 0 Å². The fourth-order valence-corrected chi connectivity index (χ4v) is 2.78. The highest BCUT2D eigenvalue weighted by molar-refractivity contribution is 7.10. The van der Waals surface area contributed by atoms with Crippen molar-refractivity contribution in [3.05, 3.63) is 64.4 Å². The first-order valence-electron chi connectivity index (χ1n) is 7.19. The zero-order valence-electron chi connectivity index (χ0n) is 12.6. The predicted octanol–water partition coefficient (Wildman–Crippen LogP) is 3.77. The third kappa shape index (κ3) is 4.14. The fraction of sp³-hybridized carbons (Fsp3) is 0.118. The summed E-state index contributed by atoms with van der Waals surface area (Å²) >= 11 is 1.56. The van der Waals surface area contributed by atoms with Crippen LogP contribution in [0.25, 0.3) is 0 Å². The molecule has 0 saturated heterocycles. The number of rotatable bonds is 5. The smallest absolute Gasteiger partial charge is 0.230 e. The van der Waals surface area contributed by atoms with Crippen LogP contribution in [0.4, 0.5) is 17.3 Å². The van der Waals surface area contributed by atoms with Gasteiger partial charge < -0.3 is 10.6 Å². The van der Waals surface area contributed by atoms with Gasteiger partial charge in [0.1, 0.15) is 0 Å². The Bertz CT molecular complexity index is 785. The molecule has 0 radical (unpaired) electrons. The topological polar surface area (TPSA) is 66.9 Å². The third-order valence-corrected chi connectivity index (χ3v) is 4.13. The van der Waals surface area contributed by atoms with Crippen molar-refractivity contribution in [1.29, 1.82) is 0 Å². The molecule has 3 rings (SSSR count). The van der Waals surface area contributed by atoms with Crippen LogP contribution in [0.2, 0.25) is 0 Å². The van der Waals surface area contributed by atoms with Crippen molar-refractivity contribution in [2.75, 3.05) is 10.6 Å². The first kappa shape index (κ1) is 15.2. The Labute approximate surface area is 138 Å². The number of carbonyl (C=O) groups excluding carboxylic acids is 1. The van der Waals surface area contributed by atoms with Crippen molar-refractivity contribution < 1.29 is 4.79 Å². The van der Waals surface area contributed by atoms with Gasteiger partial charge in [0.05, 0.1) is 6.42 Å². The summed E-state index contributed by atoms with van der Waals surface area (Å²) in [5, 5.41) is 16.0. The van der Waals surface area contributed by atoms with Crippen molar-refractivity contribution in [2.45, 2.75) is 13.3 Å². The van der Waals surface area contributed by atoms with Gasteiger partial charge in [-0.2, -0.15) is 0 Å². The van der Waals surface area contributed by atoms with E-state index in [-0.39, 0.29) is 5.91 Å². The maximum absolute atomic E-state index is 11.9. The minimum absolute atomic E-state index is 0.0960.